The average molecular weight is 205 g/mol. The lowest BCUT2D eigenvalue weighted by atomic mass is 9.88. The Bertz CT molecular complexity index is 390. The third kappa shape index (κ3) is 1.20. The van der Waals surface area contributed by atoms with Crippen LogP contribution in [0.4, 0.5) is 0 Å². The van der Waals surface area contributed by atoms with Crippen LogP contribution in [0.25, 0.3) is 0 Å². The molecule has 0 spiro atoms. The minimum absolute atomic E-state index is 0.361. The zero-order chi connectivity index (χ0) is 11.1. The number of aliphatic carboxylic acids is 1. The summed E-state index contributed by atoms with van der Waals surface area (Å²) in [5.74, 6) is -0.895. The van der Waals surface area contributed by atoms with Crippen molar-refractivity contribution in [1.82, 2.24) is 0 Å². The first-order valence-corrected chi connectivity index (χ1v) is 5.14. The fraction of sp³-hybridized carbons (Fsp3) is 0.417. The normalized spacial score (nSPS) is 33.7. The summed E-state index contributed by atoms with van der Waals surface area (Å²) in [7, 11) is 0. The molecule has 2 atom stereocenters. The van der Waals surface area contributed by atoms with Crippen molar-refractivity contribution in [2.24, 2.45) is 5.73 Å². The van der Waals surface area contributed by atoms with Gasteiger partial charge in [0, 0.05) is 5.41 Å². The van der Waals surface area contributed by atoms with Crippen molar-refractivity contribution in [3.8, 4) is 0 Å². The first-order valence-electron chi connectivity index (χ1n) is 5.14. The highest BCUT2D eigenvalue weighted by Crippen LogP contribution is 2.58. The monoisotopic (exact) mass is 205 g/mol. The molecule has 0 amide bonds. The molecule has 0 aliphatic heterocycles. The fourth-order valence-corrected chi connectivity index (χ4v) is 2.47. The second-order valence-electron chi connectivity index (χ2n) is 4.25. The molecule has 1 aliphatic carbocycles. The molecule has 0 heterocycles. The molecule has 0 saturated heterocycles. The summed E-state index contributed by atoms with van der Waals surface area (Å²) in [6, 6.07) is 9.69. The lowest BCUT2D eigenvalue weighted by molar-refractivity contribution is -0.140. The molecular weight excluding hydrogens is 190 g/mol. The maximum Gasteiger partial charge on any atom is 0.324 e. The van der Waals surface area contributed by atoms with Crippen LogP contribution >= 0.6 is 0 Å². The molecule has 1 aromatic carbocycles. The predicted octanol–water partition coefficient (Wildman–Crippen LogP) is 1.52. The molecule has 0 aromatic heterocycles. The minimum atomic E-state index is -1.07. The number of carboxylic acids is 1. The van der Waals surface area contributed by atoms with Gasteiger partial charge in [0.05, 0.1) is 0 Å². The minimum Gasteiger partial charge on any atom is -0.480 e. The van der Waals surface area contributed by atoms with Gasteiger partial charge in [0.2, 0.25) is 0 Å². The molecule has 0 unspecified atom stereocenters. The second kappa shape index (κ2) is 3.07. The number of carbonyl (C=O) groups is 1. The Kier molecular flexibility index (Phi) is 2.08. The van der Waals surface area contributed by atoms with E-state index in [1.807, 2.05) is 37.3 Å². The molecule has 3 heteroatoms. The molecule has 1 aromatic rings. The molecule has 1 aliphatic rings. The molecule has 1 fully saturated rings. The van der Waals surface area contributed by atoms with Gasteiger partial charge >= 0.3 is 5.97 Å². The van der Waals surface area contributed by atoms with Crippen LogP contribution in [0.15, 0.2) is 30.3 Å². The van der Waals surface area contributed by atoms with E-state index in [2.05, 4.69) is 0 Å². The molecule has 3 N–H and O–H groups in total. The van der Waals surface area contributed by atoms with Crippen molar-refractivity contribution in [3.63, 3.8) is 0 Å². The molecule has 0 radical (unpaired) electrons. The third-order valence-corrected chi connectivity index (χ3v) is 3.62. The maximum absolute atomic E-state index is 11.1. The maximum atomic E-state index is 11.1. The van der Waals surface area contributed by atoms with Crippen molar-refractivity contribution in [2.75, 3.05) is 0 Å². The van der Waals surface area contributed by atoms with Crippen molar-refractivity contribution >= 4 is 5.97 Å². The van der Waals surface area contributed by atoms with E-state index in [0.717, 1.165) is 12.0 Å². The standard InChI is InChI=1S/C12H15NO2/c1-2-11(8-12(11,13)10(14)15)9-6-4-3-5-7-9/h3-7H,2,8,13H2,1H3,(H,14,15)/t11-,12-/m1/s1. The molecule has 2 rings (SSSR count). The molecule has 1 saturated carbocycles. The van der Waals surface area contributed by atoms with E-state index in [-0.39, 0.29) is 5.41 Å². The fourth-order valence-electron chi connectivity index (χ4n) is 2.47. The lowest BCUT2D eigenvalue weighted by Gasteiger charge is -2.18. The van der Waals surface area contributed by atoms with Crippen molar-refractivity contribution in [1.29, 1.82) is 0 Å². The molecule has 3 nitrogen and oxygen atoms in total. The van der Waals surface area contributed by atoms with Crippen LogP contribution in [0.3, 0.4) is 0 Å². The highest BCUT2D eigenvalue weighted by Gasteiger charge is 2.69. The molecular formula is C12H15NO2. The summed E-state index contributed by atoms with van der Waals surface area (Å²) >= 11 is 0. The summed E-state index contributed by atoms with van der Waals surface area (Å²) < 4.78 is 0. The first-order chi connectivity index (χ1) is 7.07. The van der Waals surface area contributed by atoms with Gasteiger partial charge in [-0.05, 0) is 18.4 Å². The Morgan fingerprint density at radius 2 is 2.07 bits per heavy atom. The van der Waals surface area contributed by atoms with E-state index >= 15 is 0 Å². The first kappa shape index (κ1) is 10.2. The Balaban J connectivity index is 2.40. The van der Waals surface area contributed by atoms with Gasteiger partial charge < -0.3 is 10.8 Å². The lowest BCUT2D eigenvalue weighted by Crippen LogP contribution is -2.41. The average Bonchev–Trinajstić information content (AvgIpc) is 2.89. The van der Waals surface area contributed by atoms with Crippen molar-refractivity contribution in [3.05, 3.63) is 35.9 Å². The topological polar surface area (TPSA) is 63.3 Å². The number of hydrogen-bond donors (Lipinski definition) is 2. The zero-order valence-corrected chi connectivity index (χ0v) is 8.73. The number of rotatable bonds is 3. The van der Waals surface area contributed by atoms with E-state index in [4.69, 9.17) is 10.8 Å². The Morgan fingerprint density at radius 3 is 2.47 bits per heavy atom. The summed E-state index contributed by atoms with van der Waals surface area (Å²) in [5.41, 5.74) is 5.52. The third-order valence-electron chi connectivity index (χ3n) is 3.62. The Labute approximate surface area is 88.9 Å². The van der Waals surface area contributed by atoms with E-state index in [1.165, 1.54) is 0 Å². The van der Waals surface area contributed by atoms with E-state index in [0.29, 0.717) is 6.42 Å². The highest BCUT2D eigenvalue weighted by atomic mass is 16.4. The van der Waals surface area contributed by atoms with Gasteiger partial charge in [-0.15, -0.1) is 0 Å². The van der Waals surface area contributed by atoms with Crippen LogP contribution in [0.2, 0.25) is 0 Å². The van der Waals surface area contributed by atoms with Crippen LogP contribution in [0.1, 0.15) is 25.3 Å². The van der Waals surface area contributed by atoms with E-state index in [1.54, 1.807) is 0 Å². The number of carboxylic acid groups (broad SMARTS) is 1. The Hall–Kier alpha value is -1.35. The highest BCUT2D eigenvalue weighted by molar-refractivity contribution is 5.87. The SMILES string of the molecule is CC[C@]1(c2ccccc2)C[C@@]1(N)C(=O)O. The largest absolute Gasteiger partial charge is 0.480 e. The molecule has 0 bridgehead atoms. The summed E-state index contributed by atoms with van der Waals surface area (Å²) in [6.45, 7) is 1.99. The van der Waals surface area contributed by atoms with Crippen LogP contribution in [0.5, 0.6) is 0 Å². The zero-order valence-electron chi connectivity index (χ0n) is 8.73. The number of benzene rings is 1. The van der Waals surface area contributed by atoms with Crippen LogP contribution in [-0.2, 0) is 10.2 Å². The van der Waals surface area contributed by atoms with Crippen LogP contribution in [0, 0.1) is 0 Å². The van der Waals surface area contributed by atoms with Crippen molar-refractivity contribution < 1.29 is 9.90 Å². The predicted molar refractivity (Wildman–Crippen MR) is 57.6 cm³/mol. The van der Waals surface area contributed by atoms with Crippen LogP contribution in [-0.4, -0.2) is 16.6 Å². The summed E-state index contributed by atoms with van der Waals surface area (Å²) in [5, 5.41) is 9.12. The Morgan fingerprint density at radius 1 is 1.47 bits per heavy atom. The second-order valence-corrected chi connectivity index (χ2v) is 4.25. The van der Waals surface area contributed by atoms with Gasteiger partial charge in [-0.25, -0.2) is 0 Å². The van der Waals surface area contributed by atoms with Gasteiger partial charge in [-0.3, -0.25) is 4.79 Å². The molecule has 80 valence electrons. The van der Waals surface area contributed by atoms with E-state index < -0.39 is 11.5 Å². The van der Waals surface area contributed by atoms with Gasteiger partial charge in [0.25, 0.3) is 0 Å². The van der Waals surface area contributed by atoms with E-state index in [9.17, 15) is 4.79 Å². The number of hydrogen-bond acceptors (Lipinski definition) is 2. The summed E-state index contributed by atoms with van der Waals surface area (Å²) in [6.07, 6.45) is 1.30. The van der Waals surface area contributed by atoms with Gasteiger partial charge in [-0.2, -0.15) is 0 Å². The van der Waals surface area contributed by atoms with Gasteiger partial charge in [-0.1, -0.05) is 37.3 Å². The number of nitrogens with two attached hydrogens (primary N) is 1. The molecule has 15 heavy (non-hydrogen) atoms. The van der Waals surface area contributed by atoms with Gasteiger partial charge in [0.15, 0.2) is 0 Å². The van der Waals surface area contributed by atoms with Crippen molar-refractivity contribution in [2.45, 2.75) is 30.7 Å². The van der Waals surface area contributed by atoms with Crippen LogP contribution < -0.4 is 5.73 Å². The van der Waals surface area contributed by atoms with Gasteiger partial charge in [0.1, 0.15) is 5.54 Å². The quantitative estimate of drug-likeness (QED) is 0.786. The summed E-state index contributed by atoms with van der Waals surface area (Å²) in [4.78, 5) is 11.1. The smallest absolute Gasteiger partial charge is 0.324 e.